The second-order valence-electron chi connectivity index (χ2n) is 8.19. The van der Waals surface area contributed by atoms with Gasteiger partial charge in [-0.3, -0.25) is 4.99 Å². The first kappa shape index (κ1) is 22.8. The average Bonchev–Trinajstić information content (AvgIpc) is 3.43. The molecule has 2 fully saturated rings. The smallest absolute Gasteiger partial charge is 0.191 e. The van der Waals surface area contributed by atoms with Crippen molar-refractivity contribution in [3.63, 3.8) is 0 Å². The van der Waals surface area contributed by atoms with Crippen LogP contribution in [0.2, 0.25) is 5.02 Å². The number of nitrogens with zero attached hydrogens (tertiary/aromatic N) is 2. The summed E-state index contributed by atoms with van der Waals surface area (Å²) in [5, 5.41) is 7.92. The van der Waals surface area contributed by atoms with E-state index in [0.29, 0.717) is 12.0 Å². The molecule has 0 amide bonds. The Morgan fingerprint density at radius 2 is 2.11 bits per heavy atom. The molecule has 2 N–H and O–H groups in total. The monoisotopic (exact) mass is 504 g/mol. The molecule has 1 atom stereocenters. The number of aliphatic imine (C=N–C) groups is 1. The van der Waals surface area contributed by atoms with Crippen LogP contribution in [0.25, 0.3) is 0 Å². The molecule has 0 aromatic heterocycles. The summed E-state index contributed by atoms with van der Waals surface area (Å²) >= 11 is 6.18. The largest absolute Gasteiger partial charge is 0.356 e. The molecule has 0 spiro atoms. The molecule has 1 aromatic carbocycles. The van der Waals surface area contributed by atoms with Gasteiger partial charge in [0.25, 0.3) is 0 Å². The van der Waals surface area contributed by atoms with Crippen molar-refractivity contribution in [1.82, 2.24) is 15.5 Å². The van der Waals surface area contributed by atoms with Crippen molar-refractivity contribution in [3.05, 3.63) is 34.9 Å². The maximum Gasteiger partial charge on any atom is 0.191 e. The Morgan fingerprint density at radius 3 is 2.74 bits per heavy atom. The van der Waals surface area contributed by atoms with Gasteiger partial charge in [0.05, 0.1) is 0 Å². The Balaban J connectivity index is 0.00000261. The fraction of sp³-hybridized carbons (Fsp3) is 0.667. The molecule has 1 heterocycles. The summed E-state index contributed by atoms with van der Waals surface area (Å²) in [6, 6.07) is 8.94. The van der Waals surface area contributed by atoms with Crippen LogP contribution in [0.3, 0.4) is 0 Å². The summed E-state index contributed by atoms with van der Waals surface area (Å²) in [4.78, 5) is 7.01. The van der Waals surface area contributed by atoms with E-state index in [1.54, 1.807) is 0 Å². The second-order valence-corrected chi connectivity index (χ2v) is 8.63. The van der Waals surface area contributed by atoms with Crippen molar-refractivity contribution in [2.24, 2.45) is 10.9 Å². The third kappa shape index (κ3) is 6.23. The number of piperidine rings is 1. The van der Waals surface area contributed by atoms with E-state index >= 15 is 0 Å². The average molecular weight is 505 g/mol. The van der Waals surface area contributed by atoms with E-state index in [9.17, 15) is 0 Å². The highest BCUT2D eigenvalue weighted by Crippen LogP contribution is 2.48. The molecule has 2 aliphatic rings. The van der Waals surface area contributed by atoms with Crippen LogP contribution in [-0.4, -0.2) is 50.1 Å². The number of rotatable bonds is 6. The SMILES string of the molecule is CN=C(NCC1CCCN(C(C)C)C1)NCC1(c2cccc(Cl)c2)CC1.I. The molecular weight excluding hydrogens is 471 g/mol. The normalized spacial score (nSPS) is 22.3. The van der Waals surface area contributed by atoms with Crippen LogP contribution in [0.5, 0.6) is 0 Å². The summed E-state index contributed by atoms with van der Waals surface area (Å²) in [6.07, 6.45) is 5.03. The Kier molecular flexibility index (Phi) is 8.69. The van der Waals surface area contributed by atoms with E-state index in [2.05, 4.69) is 46.5 Å². The van der Waals surface area contributed by atoms with Crippen LogP contribution in [-0.2, 0) is 5.41 Å². The summed E-state index contributed by atoms with van der Waals surface area (Å²) < 4.78 is 0. The minimum atomic E-state index is 0. The fourth-order valence-electron chi connectivity index (χ4n) is 3.98. The summed E-state index contributed by atoms with van der Waals surface area (Å²) in [5.74, 6) is 1.62. The number of benzene rings is 1. The molecule has 1 saturated carbocycles. The zero-order valence-electron chi connectivity index (χ0n) is 16.8. The van der Waals surface area contributed by atoms with Crippen LogP contribution >= 0.6 is 35.6 Å². The molecule has 3 rings (SSSR count). The molecule has 0 bridgehead atoms. The van der Waals surface area contributed by atoms with Gasteiger partial charge in [-0.1, -0.05) is 23.7 Å². The molecule has 1 unspecified atom stereocenters. The van der Waals surface area contributed by atoms with Gasteiger partial charge in [-0.15, -0.1) is 24.0 Å². The Morgan fingerprint density at radius 1 is 1.33 bits per heavy atom. The van der Waals surface area contributed by atoms with Gasteiger partial charge in [-0.05, 0) is 69.7 Å². The highest BCUT2D eigenvalue weighted by Gasteiger charge is 2.44. The molecule has 152 valence electrons. The van der Waals surface area contributed by atoms with Crippen molar-refractivity contribution in [2.45, 2.75) is 51.0 Å². The lowest BCUT2D eigenvalue weighted by molar-refractivity contribution is 0.141. The van der Waals surface area contributed by atoms with E-state index in [-0.39, 0.29) is 29.4 Å². The molecule has 27 heavy (non-hydrogen) atoms. The Labute approximate surface area is 186 Å². The van der Waals surface area contributed by atoms with Crippen LogP contribution in [0, 0.1) is 5.92 Å². The lowest BCUT2D eigenvalue weighted by Gasteiger charge is -2.35. The van der Waals surface area contributed by atoms with Gasteiger partial charge in [-0.2, -0.15) is 0 Å². The minimum Gasteiger partial charge on any atom is -0.356 e. The molecule has 1 saturated heterocycles. The minimum absolute atomic E-state index is 0. The van der Waals surface area contributed by atoms with Crippen molar-refractivity contribution in [3.8, 4) is 0 Å². The van der Waals surface area contributed by atoms with Crippen molar-refractivity contribution < 1.29 is 0 Å². The van der Waals surface area contributed by atoms with Gasteiger partial charge < -0.3 is 15.5 Å². The quantitative estimate of drug-likeness (QED) is 0.345. The lowest BCUT2D eigenvalue weighted by Crippen LogP contribution is -2.47. The van der Waals surface area contributed by atoms with E-state index in [4.69, 9.17) is 11.6 Å². The lowest BCUT2D eigenvalue weighted by atomic mass is 9.96. The number of halogens is 2. The second kappa shape index (κ2) is 10.3. The predicted octanol–water partition coefficient (Wildman–Crippen LogP) is 4.28. The third-order valence-corrected chi connectivity index (χ3v) is 6.18. The van der Waals surface area contributed by atoms with Gasteiger partial charge in [-0.25, -0.2) is 0 Å². The van der Waals surface area contributed by atoms with Gasteiger partial charge in [0.2, 0.25) is 0 Å². The topological polar surface area (TPSA) is 39.7 Å². The maximum atomic E-state index is 6.18. The summed E-state index contributed by atoms with van der Waals surface area (Å²) in [7, 11) is 1.86. The van der Waals surface area contributed by atoms with E-state index in [1.165, 1.54) is 44.3 Å². The number of guanidine groups is 1. The number of likely N-dealkylation sites (tertiary alicyclic amines) is 1. The fourth-order valence-corrected chi connectivity index (χ4v) is 4.17. The third-order valence-electron chi connectivity index (χ3n) is 5.95. The van der Waals surface area contributed by atoms with Crippen molar-refractivity contribution >= 4 is 41.5 Å². The molecular formula is C21H34ClIN4. The molecule has 4 nitrogen and oxygen atoms in total. The highest BCUT2D eigenvalue weighted by molar-refractivity contribution is 14.0. The maximum absolute atomic E-state index is 6.18. The number of hydrogen-bond donors (Lipinski definition) is 2. The van der Waals surface area contributed by atoms with Crippen LogP contribution in [0.15, 0.2) is 29.3 Å². The van der Waals surface area contributed by atoms with E-state index in [1.807, 2.05) is 19.2 Å². The van der Waals surface area contributed by atoms with Crippen LogP contribution in [0.4, 0.5) is 0 Å². The molecule has 1 aromatic rings. The van der Waals surface area contributed by atoms with E-state index in [0.717, 1.165) is 24.1 Å². The number of hydrogen-bond acceptors (Lipinski definition) is 2. The molecule has 6 heteroatoms. The standard InChI is InChI=1S/C21H33ClN4.HI/c1-16(2)26-11-5-6-17(14-26)13-24-20(23-3)25-15-21(9-10-21)18-7-4-8-19(22)12-18;/h4,7-8,12,16-17H,5-6,9-11,13-15H2,1-3H3,(H2,23,24,25);1H. The first-order valence-electron chi connectivity index (χ1n) is 9.97. The Bertz CT molecular complexity index is 630. The van der Waals surface area contributed by atoms with Crippen molar-refractivity contribution in [2.75, 3.05) is 33.2 Å². The first-order chi connectivity index (χ1) is 12.5. The van der Waals surface area contributed by atoms with Gasteiger partial charge >= 0.3 is 0 Å². The molecule has 0 radical (unpaired) electrons. The zero-order chi connectivity index (χ0) is 18.6. The van der Waals surface area contributed by atoms with Gasteiger partial charge in [0.15, 0.2) is 5.96 Å². The molecule has 1 aliphatic heterocycles. The number of nitrogens with one attached hydrogen (secondary N) is 2. The van der Waals surface area contributed by atoms with E-state index < -0.39 is 0 Å². The van der Waals surface area contributed by atoms with Gasteiger partial charge in [0, 0.05) is 43.2 Å². The summed E-state index contributed by atoms with van der Waals surface area (Å²) in [6.45, 7) is 8.92. The first-order valence-corrected chi connectivity index (χ1v) is 10.3. The Hall–Kier alpha value is -0.530. The zero-order valence-corrected chi connectivity index (χ0v) is 19.9. The van der Waals surface area contributed by atoms with Crippen LogP contribution < -0.4 is 10.6 Å². The summed E-state index contributed by atoms with van der Waals surface area (Å²) in [5.41, 5.74) is 1.56. The predicted molar refractivity (Wildman–Crippen MR) is 127 cm³/mol. The highest BCUT2D eigenvalue weighted by atomic mass is 127. The molecule has 1 aliphatic carbocycles. The van der Waals surface area contributed by atoms with Crippen LogP contribution in [0.1, 0.15) is 45.1 Å². The van der Waals surface area contributed by atoms with Crippen molar-refractivity contribution in [1.29, 1.82) is 0 Å². The van der Waals surface area contributed by atoms with Gasteiger partial charge in [0.1, 0.15) is 0 Å².